The number of hydrogen-bond donors (Lipinski definition) is 1. The van der Waals surface area contributed by atoms with Gasteiger partial charge in [0, 0.05) is 13.2 Å². The van der Waals surface area contributed by atoms with Gasteiger partial charge in [-0.3, -0.25) is 4.79 Å². The fourth-order valence-corrected chi connectivity index (χ4v) is 2.44. The van der Waals surface area contributed by atoms with Crippen molar-refractivity contribution in [2.45, 2.75) is 51.6 Å². The van der Waals surface area contributed by atoms with Crippen molar-refractivity contribution < 1.29 is 14.3 Å². The number of ether oxygens (including phenoxy) is 2. The van der Waals surface area contributed by atoms with E-state index in [-0.39, 0.29) is 24.0 Å². The van der Waals surface area contributed by atoms with E-state index >= 15 is 0 Å². The van der Waals surface area contributed by atoms with E-state index in [9.17, 15) is 4.79 Å². The van der Waals surface area contributed by atoms with E-state index in [0.29, 0.717) is 6.54 Å². The minimum absolute atomic E-state index is 0.0449. The van der Waals surface area contributed by atoms with Gasteiger partial charge in [0.2, 0.25) is 0 Å². The van der Waals surface area contributed by atoms with Gasteiger partial charge in [0.05, 0.1) is 6.10 Å². The third-order valence-corrected chi connectivity index (χ3v) is 4.44. The first-order valence-electron chi connectivity index (χ1n) is 8.13. The molecule has 0 saturated carbocycles. The monoisotopic (exact) mass is 305 g/mol. The highest BCUT2D eigenvalue weighted by atomic mass is 16.5. The van der Waals surface area contributed by atoms with E-state index in [1.165, 1.54) is 5.56 Å². The molecular formula is C18H27NO3. The molecule has 0 radical (unpaired) electrons. The van der Waals surface area contributed by atoms with Crippen molar-refractivity contribution in [3.63, 3.8) is 0 Å². The van der Waals surface area contributed by atoms with Crippen molar-refractivity contribution in [1.82, 2.24) is 5.32 Å². The zero-order valence-electron chi connectivity index (χ0n) is 13.9. The van der Waals surface area contributed by atoms with Crippen LogP contribution in [0.5, 0.6) is 5.75 Å². The molecule has 1 aliphatic heterocycles. The summed E-state index contributed by atoms with van der Waals surface area (Å²) in [6, 6.07) is 8.01. The SMILES string of the molecule is CCC(C)(C)c1ccc(OCC(=O)NCC2CCCO2)cc1. The van der Waals surface area contributed by atoms with Crippen LogP contribution in [0.25, 0.3) is 0 Å². The second-order valence-corrected chi connectivity index (χ2v) is 6.49. The van der Waals surface area contributed by atoms with Gasteiger partial charge in [0.15, 0.2) is 6.61 Å². The fraction of sp³-hybridized carbons (Fsp3) is 0.611. The van der Waals surface area contributed by atoms with Crippen LogP contribution in [-0.4, -0.2) is 31.8 Å². The molecule has 0 aliphatic carbocycles. The predicted molar refractivity (Wildman–Crippen MR) is 87.2 cm³/mol. The van der Waals surface area contributed by atoms with Crippen molar-refractivity contribution in [2.75, 3.05) is 19.8 Å². The molecule has 1 fully saturated rings. The fourth-order valence-electron chi connectivity index (χ4n) is 2.44. The van der Waals surface area contributed by atoms with Crippen LogP contribution < -0.4 is 10.1 Å². The molecule has 1 atom stereocenters. The Balaban J connectivity index is 1.75. The Morgan fingerprint density at radius 3 is 2.68 bits per heavy atom. The highest BCUT2D eigenvalue weighted by molar-refractivity contribution is 5.77. The standard InChI is InChI=1S/C18H27NO3/c1-4-18(2,3)14-7-9-15(10-8-14)22-13-17(20)19-12-16-6-5-11-21-16/h7-10,16H,4-6,11-13H2,1-3H3,(H,19,20). The van der Waals surface area contributed by atoms with Crippen LogP contribution in [0.1, 0.15) is 45.6 Å². The number of hydrogen-bond acceptors (Lipinski definition) is 3. The second kappa shape index (κ2) is 7.63. The van der Waals surface area contributed by atoms with Gasteiger partial charge in [0.1, 0.15) is 5.75 Å². The number of nitrogens with one attached hydrogen (secondary N) is 1. The summed E-state index contributed by atoms with van der Waals surface area (Å²) < 4.78 is 11.0. The molecule has 1 aromatic carbocycles. The first-order chi connectivity index (χ1) is 10.5. The average molecular weight is 305 g/mol. The average Bonchev–Trinajstić information content (AvgIpc) is 3.05. The molecule has 0 spiro atoms. The van der Waals surface area contributed by atoms with E-state index in [1.54, 1.807) is 0 Å². The Bertz CT molecular complexity index is 476. The Kier molecular flexibility index (Phi) is 5.83. The van der Waals surface area contributed by atoms with Gasteiger partial charge in [-0.05, 0) is 42.4 Å². The molecule has 0 bridgehead atoms. The van der Waals surface area contributed by atoms with E-state index in [0.717, 1.165) is 31.6 Å². The molecule has 1 heterocycles. The second-order valence-electron chi connectivity index (χ2n) is 6.49. The zero-order valence-corrected chi connectivity index (χ0v) is 13.9. The lowest BCUT2D eigenvalue weighted by Gasteiger charge is -2.23. The molecule has 1 unspecified atom stereocenters. The van der Waals surface area contributed by atoms with Crippen molar-refractivity contribution in [3.05, 3.63) is 29.8 Å². The highest BCUT2D eigenvalue weighted by Crippen LogP contribution is 2.27. The molecule has 4 heteroatoms. The molecule has 22 heavy (non-hydrogen) atoms. The number of benzene rings is 1. The first-order valence-corrected chi connectivity index (χ1v) is 8.13. The number of carbonyl (C=O) groups excluding carboxylic acids is 1. The lowest BCUT2D eigenvalue weighted by atomic mass is 9.82. The molecule has 1 N–H and O–H groups in total. The number of amides is 1. The maximum atomic E-state index is 11.8. The van der Waals surface area contributed by atoms with Gasteiger partial charge in [-0.15, -0.1) is 0 Å². The Morgan fingerprint density at radius 1 is 1.36 bits per heavy atom. The van der Waals surface area contributed by atoms with Crippen molar-refractivity contribution in [3.8, 4) is 5.75 Å². The van der Waals surface area contributed by atoms with Crippen LogP contribution >= 0.6 is 0 Å². The van der Waals surface area contributed by atoms with Crippen LogP contribution in [-0.2, 0) is 14.9 Å². The maximum Gasteiger partial charge on any atom is 0.258 e. The van der Waals surface area contributed by atoms with Gasteiger partial charge in [-0.1, -0.05) is 32.9 Å². The molecule has 0 aromatic heterocycles. The summed E-state index contributed by atoms with van der Waals surface area (Å²) in [5, 5.41) is 2.85. The molecule has 2 rings (SSSR count). The van der Waals surface area contributed by atoms with Crippen molar-refractivity contribution in [2.24, 2.45) is 0 Å². The highest BCUT2D eigenvalue weighted by Gasteiger charge is 2.18. The van der Waals surface area contributed by atoms with Crippen LogP contribution in [0.3, 0.4) is 0 Å². The summed E-state index contributed by atoms with van der Waals surface area (Å²) in [5.74, 6) is 0.622. The van der Waals surface area contributed by atoms with Gasteiger partial charge in [-0.25, -0.2) is 0 Å². The molecule has 122 valence electrons. The zero-order chi connectivity index (χ0) is 16.0. The summed E-state index contributed by atoms with van der Waals surface area (Å²) in [6.07, 6.45) is 3.35. The van der Waals surface area contributed by atoms with E-state index < -0.39 is 0 Å². The quantitative estimate of drug-likeness (QED) is 0.842. The Morgan fingerprint density at radius 2 is 2.09 bits per heavy atom. The third kappa shape index (κ3) is 4.73. The molecule has 1 saturated heterocycles. The first kappa shape index (κ1) is 16.8. The summed E-state index contributed by atoms with van der Waals surface area (Å²) in [4.78, 5) is 11.8. The molecule has 4 nitrogen and oxygen atoms in total. The third-order valence-electron chi connectivity index (χ3n) is 4.44. The maximum absolute atomic E-state index is 11.8. The van der Waals surface area contributed by atoms with E-state index in [2.05, 4.69) is 38.2 Å². The normalized spacial score (nSPS) is 18.2. The smallest absolute Gasteiger partial charge is 0.258 e. The summed E-state index contributed by atoms with van der Waals surface area (Å²) in [7, 11) is 0. The minimum Gasteiger partial charge on any atom is -0.484 e. The lowest BCUT2D eigenvalue weighted by molar-refractivity contribution is -0.123. The van der Waals surface area contributed by atoms with Gasteiger partial charge in [-0.2, -0.15) is 0 Å². The summed E-state index contributed by atoms with van der Waals surface area (Å²) in [6.45, 7) is 8.05. The van der Waals surface area contributed by atoms with Crippen LogP contribution in [0.4, 0.5) is 0 Å². The summed E-state index contributed by atoms with van der Waals surface area (Å²) >= 11 is 0. The van der Waals surface area contributed by atoms with Crippen LogP contribution in [0, 0.1) is 0 Å². The molecule has 1 amide bonds. The topological polar surface area (TPSA) is 47.6 Å². The van der Waals surface area contributed by atoms with Crippen LogP contribution in [0.15, 0.2) is 24.3 Å². The van der Waals surface area contributed by atoms with Gasteiger partial charge < -0.3 is 14.8 Å². The molecule has 1 aliphatic rings. The van der Waals surface area contributed by atoms with E-state index in [4.69, 9.17) is 9.47 Å². The lowest BCUT2D eigenvalue weighted by Crippen LogP contribution is -2.35. The van der Waals surface area contributed by atoms with Gasteiger partial charge >= 0.3 is 0 Å². The van der Waals surface area contributed by atoms with E-state index in [1.807, 2.05) is 12.1 Å². The van der Waals surface area contributed by atoms with Crippen molar-refractivity contribution in [1.29, 1.82) is 0 Å². The van der Waals surface area contributed by atoms with Crippen LogP contribution in [0.2, 0.25) is 0 Å². The largest absolute Gasteiger partial charge is 0.484 e. The molecule has 1 aromatic rings. The number of carbonyl (C=O) groups is 1. The van der Waals surface area contributed by atoms with Gasteiger partial charge in [0.25, 0.3) is 5.91 Å². The Hall–Kier alpha value is -1.55. The predicted octanol–water partition coefficient (Wildman–Crippen LogP) is 3.05. The molecular weight excluding hydrogens is 278 g/mol. The summed E-state index contributed by atoms with van der Waals surface area (Å²) in [5.41, 5.74) is 1.45. The Labute approximate surface area is 133 Å². The minimum atomic E-state index is -0.103. The van der Waals surface area contributed by atoms with Crippen molar-refractivity contribution >= 4 is 5.91 Å². The number of rotatable bonds is 7.